The predicted molar refractivity (Wildman–Crippen MR) is 76.6 cm³/mol. The zero-order chi connectivity index (χ0) is 13.1. The molecule has 0 aromatic heterocycles. The summed E-state index contributed by atoms with van der Waals surface area (Å²) in [5, 5.41) is 3.35. The summed E-state index contributed by atoms with van der Waals surface area (Å²) < 4.78 is 1.04. The summed E-state index contributed by atoms with van der Waals surface area (Å²) >= 11 is 3.41. The molecule has 1 unspecified atom stereocenters. The minimum atomic E-state index is -0.0663. The number of nitrogens with one attached hydrogen (secondary N) is 1. The van der Waals surface area contributed by atoms with Crippen molar-refractivity contribution < 1.29 is 4.79 Å². The van der Waals surface area contributed by atoms with Gasteiger partial charge in [0.25, 0.3) is 0 Å². The number of benzene rings is 1. The smallest absolute Gasteiger partial charge is 0.229 e. The molecule has 4 heteroatoms. The van der Waals surface area contributed by atoms with Gasteiger partial charge in [-0.1, -0.05) is 28.1 Å². The number of amides is 1. The molecular formula is C14H19BrN2O. The molecule has 0 spiro atoms. The monoisotopic (exact) mass is 310 g/mol. The largest absolute Gasteiger partial charge is 0.339 e. The molecule has 0 aliphatic carbocycles. The van der Waals surface area contributed by atoms with Crippen LogP contribution in [0.3, 0.4) is 0 Å². The molecule has 1 aromatic carbocycles. The molecular weight excluding hydrogens is 292 g/mol. The normalized spacial score (nSPS) is 21.7. The summed E-state index contributed by atoms with van der Waals surface area (Å²) in [6.07, 6.45) is 0. The third kappa shape index (κ3) is 3.12. The second-order valence-electron chi connectivity index (χ2n) is 4.91. The molecule has 3 nitrogen and oxygen atoms in total. The SMILES string of the molecule is CC(C(=O)N1CCN[C@H](C)C1)c1ccc(Br)cc1. The van der Waals surface area contributed by atoms with Crippen LogP contribution in [0.2, 0.25) is 0 Å². The van der Waals surface area contributed by atoms with E-state index in [2.05, 4.69) is 28.2 Å². The molecule has 1 aliphatic heterocycles. The number of nitrogens with zero attached hydrogens (tertiary/aromatic N) is 1. The molecule has 1 amide bonds. The summed E-state index contributed by atoms with van der Waals surface area (Å²) in [7, 11) is 0. The van der Waals surface area contributed by atoms with E-state index in [0.29, 0.717) is 6.04 Å². The second kappa shape index (κ2) is 5.85. The summed E-state index contributed by atoms with van der Waals surface area (Å²) in [5.41, 5.74) is 1.08. The molecule has 0 radical (unpaired) electrons. The van der Waals surface area contributed by atoms with E-state index in [1.54, 1.807) is 0 Å². The fraction of sp³-hybridized carbons (Fsp3) is 0.500. The van der Waals surface area contributed by atoms with E-state index in [9.17, 15) is 4.79 Å². The van der Waals surface area contributed by atoms with Crippen molar-refractivity contribution in [2.24, 2.45) is 0 Å². The molecule has 2 atom stereocenters. The molecule has 1 aliphatic rings. The molecule has 18 heavy (non-hydrogen) atoms. The molecule has 0 saturated carbocycles. The zero-order valence-corrected chi connectivity index (χ0v) is 12.4. The van der Waals surface area contributed by atoms with Gasteiger partial charge in [-0.15, -0.1) is 0 Å². The lowest BCUT2D eigenvalue weighted by molar-refractivity contribution is -0.133. The van der Waals surface area contributed by atoms with Gasteiger partial charge in [-0.05, 0) is 31.5 Å². The highest BCUT2D eigenvalue weighted by molar-refractivity contribution is 9.10. The maximum Gasteiger partial charge on any atom is 0.229 e. The average molecular weight is 311 g/mol. The van der Waals surface area contributed by atoms with Crippen LogP contribution in [0.4, 0.5) is 0 Å². The first-order valence-electron chi connectivity index (χ1n) is 6.35. The first kappa shape index (κ1) is 13.6. The Morgan fingerprint density at radius 3 is 2.72 bits per heavy atom. The molecule has 1 heterocycles. The number of hydrogen-bond donors (Lipinski definition) is 1. The fourth-order valence-corrected chi connectivity index (χ4v) is 2.56. The van der Waals surface area contributed by atoms with Crippen molar-refractivity contribution >= 4 is 21.8 Å². The van der Waals surface area contributed by atoms with E-state index >= 15 is 0 Å². The summed E-state index contributed by atoms with van der Waals surface area (Å²) in [4.78, 5) is 14.4. The Balaban J connectivity index is 2.06. The molecule has 1 saturated heterocycles. The van der Waals surface area contributed by atoms with Crippen LogP contribution >= 0.6 is 15.9 Å². The third-order valence-electron chi connectivity index (χ3n) is 3.42. The van der Waals surface area contributed by atoms with Crippen LogP contribution in [0.15, 0.2) is 28.7 Å². The molecule has 2 rings (SSSR count). The Bertz CT molecular complexity index is 418. The molecule has 1 fully saturated rings. The van der Waals surface area contributed by atoms with E-state index in [1.165, 1.54) is 0 Å². The highest BCUT2D eigenvalue weighted by Crippen LogP contribution is 2.21. The molecule has 0 bridgehead atoms. The maximum atomic E-state index is 12.4. The Labute approximate surface area is 117 Å². The Hall–Kier alpha value is -0.870. The number of piperazine rings is 1. The van der Waals surface area contributed by atoms with Crippen molar-refractivity contribution in [3.8, 4) is 0 Å². The van der Waals surface area contributed by atoms with Crippen molar-refractivity contribution in [3.63, 3.8) is 0 Å². The van der Waals surface area contributed by atoms with Gasteiger partial charge in [-0.3, -0.25) is 4.79 Å². The van der Waals surface area contributed by atoms with Gasteiger partial charge >= 0.3 is 0 Å². The minimum Gasteiger partial charge on any atom is -0.339 e. The highest BCUT2D eigenvalue weighted by atomic mass is 79.9. The van der Waals surface area contributed by atoms with Crippen molar-refractivity contribution in [1.29, 1.82) is 0 Å². The van der Waals surface area contributed by atoms with Crippen molar-refractivity contribution in [3.05, 3.63) is 34.3 Å². The molecule has 1 aromatic rings. The average Bonchev–Trinajstić information content (AvgIpc) is 2.38. The van der Waals surface area contributed by atoms with Crippen LogP contribution < -0.4 is 5.32 Å². The predicted octanol–water partition coefficient (Wildman–Crippen LogP) is 2.37. The van der Waals surface area contributed by atoms with Crippen LogP contribution in [-0.2, 0) is 4.79 Å². The van der Waals surface area contributed by atoms with E-state index in [1.807, 2.05) is 36.1 Å². The van der Waals surface area contributed by atoms with Gasteiger partial charge in [0.15, 0.2) is 0 Å². The second-order valence-corrected chi connectivity index (χ2v) is 5.83. The van der Waals surface area contributed by atoms with Crippen LogP contribution in [0.1, 0.15) is 25.3 Å². The quantitative estimate of drug-likeness (QED) is 0.909. The van der Waals surface area contributed by atoms with Gasteiger partial charge in [-0.25, -0.2) is 0 Å². The Morgan fingerprint density at radius 1 is 1.44 bits per heavy atom. The van der Waals surface area contributed by atoms with E-state index in [-0.39, 0.29) is 11.8 Å². The van der Waals surface area contributed by atoms with Gasteiger partial charge < -0.3 is 10.2 Å². The molecule has 98 valence electrons. The van der Waals surface area contributed by atoms with Gasteiger partial charge in [0, 0.05) is 30.1 Å². The van der Waals surface area contributed by atoms with E-state index in [4.69, 9.17) is 0 Å². The minimum absolute atomic E-state index is 0.0663. The summed E-state index contributed by atoms with van der Waals surface area (Å²) in [6, 6.07) is 8.38. The Kier molecular flexibility index (Phi) is 4.40. The van der Waals surface area contributed by atoms with Gasteiger partial charge in [0.05, 0.1) is 5.92 Å². The summed E-state index contributed by atoms with van der Waals surface area (Å²) in [6.45, 7) is 6.60. The number of carbonyl (C=O) groups is 1. The number of halogens is 1. The standard InChI is InChI=1S/C14H19BrN2O/c1-10-9-17(8-7-16-10)14(18)11(2)12-3-5-13(15)6-4-12/h3-6,10-11,16H,7-9H2,1-2H3/t10-,11?/m1/s1. The van der Waals surface area contributed by atoms with Crippen molar-refractivity contribution in [1.82, 2.24) is 10.2 Å². The third-order valence-corrected chi connectivity index (χ3v) is 3.95. The van der Waals surface area contributed by atoms with E-state index in [0.717, 1.165) is 29.7 Å². The Morgan fingerprint density at radius 2 is 2.11 bits per heavy atom. The van der Waals surface area contributed by atoms with Crippen LogP contribution in [-0.4, -0.2) is 36.5 Å². The topological polar surface area (TPSA) is 32.3 Å². The van der Waals surface area contributed by atoms with Crippen molar-refractivity contribution in [2.75, 3.05) is 19.6 Å². The number of rotatable bonds is 2. The van der Waals surface area contributed by atoms with Crippen LogP contribution in [0.25, 0.3) is 0 Å². The summed E-state index contributed by atoms with van der Waals surface area (Å²) in [5.74, 6) is 0.161. The van der Waals surface area contributed by atoms with Gasteiger partial charge in [0.1, 0.15) is 0 Å². The van der Waals surface area contributed by atoms with Crippen LogP contribution in [0.5, 0.6) is 0 Å². The highest BCUT2D eigenvalue weighted by Gasteiger charge is 2.25. The zero-order valence-electron chi connectivity index (χ0n) is 10.8. The van der Waals surface area contributed by atoms with Crippen molar-refractivity contribution in [2.45, 2.75) is 25.8 Å². The lowest BCUT2D eigenvalue weighted by Gasteiger charge is -2.33. The number of hydrogen-bond acceptors (Lipinski definition) is 2. The first-order chi connectivity index (χ1) is 8.58. The lowest BCUT2D eigenvalue weighted by Crippen LogP contribution is -2.52. The molecule has 1 N–H and O–H groups in total. The van der Waals surface area contributed by atoms with Gasteiger partial charge in [0.2, 0.25) is 5.91 Å². The number of carbonyl (C=O) groups excluding carboxylic acids is 1. The lowest BCUT2D eigenvalue weighted by atomic mass is 9.99. The van der Waals surface area contributed by atoms with E-state index < -0.39 is 0 Å². The van der Waals surface area contributed by atoms with Crippen LogP contribution in [0, 0.1) is 0 Å². The maximum absolute atomic E-state index is 12.4. The fourth-order valence-electron chi connectivity index (χ4n) is 2.30. The first-order valence-corrected chi connectivity index (χ1v) is 7.15. The van der Waals surface area contributed by atoms with Gasteiger partial charge in [-0.2, -0.15) is 0 Å².